The number of benzene rings is 2. The largest absolute Gasteiger partial charge is 0.497 e. The molecule has 2 heterocycles. The third kappa shape index (κ3) is 4.27. The van der Waals surface area contributed by atoms with Crippen LogP contribution in [0.15, 0.2) is 67.3 Å². The summed E-state index contributed by atoms with van der Waals surface area (Å²) in [5.41, 5.74) is 4.38. The van der Waals surface area contributed by atoms with E-state index in [4.69, 9.17) is 14.5 Å². The Hall–Kier alpha value is -3.87. The van der Waals surface area contributed by atoms with Crippen molar-refractivity contribution < 1.29 is 9.47 Å². The number of aromatic nitrogens is 4. The molecule has 0 amide bonds. The average molecular weight is 430 g/mol. The van der Waals surface area contributed by atoms with Crippen LogP contribution in [0.25, 0.3) is 5.69 Å². The molecule has 0 unspecified atom stereocenters. The molecular weight excluding hydrogens is 402 g/mol. The van der Waals surface area contributed by atoms with E-state index in [9.17, 15) is 0 Å². The summed E-state index contributed by atoms with van der Waals surface area (Å²) in [6.45, 7) is 6.23. The van der Waals surface area contributed by atoms with Crippen LogP contribution in [0.1, 0.15) is 30.8 Å². The van der Waals surface area contributed by atoms with Crippen LogP contribution in [0.2, 0.25) is 0 Å². The molecule has 0 saturated heterocycles. The summed E-state index contributed by atoms with van der Waals surface area (Å²) in [5.74, 6) is 2.07. The van der Waals surface area contributed by atoms with Gasteiger partial charge in [0.25, 0.3) is 0 Å². The first-order valence-electron chi connectivity index (χ1n) is 10.3. The number of hydrogen-bond acceptors (Lipinski definition) is 6. The van der Waals surface area contributed by atoms with E-state index < -0.39 is 0 Å². The summed E-state index contributed by atoms with van der Waals surface area (Å²) < 4.78 is 12.9. The van der Waals surface area contributed by atoms with Gasteiger partial charge in [0.2, 0.25) is 5.95 Å². The first-order valence-corrected chi connectivity index (χ1v) is 10.3. The van der Waals surface area contributed by atoms with Gasteiger partial charge in [0.05, 0.1) is 37.6 Å². The zero-order valence-corrected chi connectivity index (χ0v) is 19.0. The van der Waals surface area contributed by atoms with Gasteiger partial charge < -0.3 is 19.4 Å². The average Bonchev–Trinajstić information content (AvgIpc) is 3.25. The second kappa shape index (κ2) is 8.70. The van der Waals surface area contributed by atoms with E-state index in [1.165, 1.54) is 0 Å². The zero-order valence-electron chi connectivity index (χ0n) is 19.0. The number of methoxy groups -OCH3 is 2. The highest BCUT2D eigenvalue weighted by atomic mass is 16.5. The summed E-state index contributed by atoms with van der Waals surface area (Å²) in [6.07, 6.45) is 5.50. The minimum Gasteiger partial charge on any atom is -0.497 e. The third-order valence-corrected chi connectivity index (χ3v) is 5.51. The normalized spacial score (nSPS) is 11.3. The number of aryl methyl sites for hydroxylation is 1. The molecule has 2 aromatic heterocycles. The van der Waals surface area contributed by atoms with Crippen molar-refractivity contribution in [3.05, 3.63) is 84.2 Å². The Balaban J connectivity index is 1.61. The molecule has 2 aromatic carbocycles. The van der Waals surface area contributed by atoms with Crippen LogP contribution in [0, 0.1) is 6.92 Å². The van der Waals surface area contributed by atoms with Gasteiger partial charge in [-0.1, -0.05) is 26.0 Å². The van der Waals surface area contributed by atoms with Crippen molar-refractivity contribution in [2.24, 2.45) is 0 Å². The van der Waals surface area contributed by atoms with Gasteiger partial charge >= 0.3 is 0 Å². The molecule has 7 nitrogen and oxygen atoms in total. The Labute approximate surface area is 188 Å². The van der Waals surface area contributed by atoms with Crippen molar-refractivity contribution >= 4 is 11.6 Å². The molecule has 0 bridgehead atoms. The first-order chi connectivity index (χ1) is 15.4. The number of nitrogens with one attached hydrogen (secondary N) is 1. The van der Waals surface area contributed by atoms with Crippen LogP contribution in [-0.4, -0.2) is 33.7 Å². The monoisotopic (exact) mass is 429 g/mol. The van der Waals surface area contributed by atoms with Crippen molar-refractivity contribution in [2.45, 2.75) is 26.2 Å². The molecule has 4 aromatic rings. The van der Waals surface area contributed by atoms with Gasteiger partial charge in [-0.15, -0.1) is 0 Å². The van der Waals surface area contributed by atoms with E-state index in [0.717, 1.165) is 39.8 Å². The quantitative estimate of drug-likeness (QED) is 0.443. The van der Waals surface area contributed by atoms with Gasteiger partial charge in [0, 0.05) is 29.6 Å². The van der Waals surface area contributed by atoms with Crippen LogP contribution >= 0.6 is 0 Å². The molecule has 0 atom stereocenters. The van der Waals surface area contributed by atoms with Gasteiger partial charge in [-0.2, -0.15) is 0 Å². The maximum Gasteiger partial charge on any atom is 0.227 e. The van der Waals surface area contributed by atoms with Gasteiger partial charge in [0.15, 0.2) is 0 Å². The summed E-state index contributed by atoms with van der Waals surface area (Å²) in [6, 6.07) is 15.9. The molecule has 0 aliphatic heterocycles. The van der Waals surface area contributed by atoms with E-state index in [2.05, 4.69) is 35.2 Å². The highest BCUT2D eigenvalue weighted by molar-refractivity contribution is 5.62. The highest BCUT2D eigenvalue weighted by Gasteiger charge is 2.25. The summed E-state index contributed by atoms with van der Waals surface area (Å²) in [4.78, 5) is 13.5. The molecular formula is C25H27N5O2. The molecule has 164 valence electrons. The second-order valence-corrected chi connectivity index (χ2v) is 8.06. The Morgan fingerprint density at radius 3 is 2.53 bits per heavy atom. The number of rotatable bonds is 7. The molecule has 0 fully saturated rings. The molecule has 0 aliphatic carbocycles. The van der Waals surface area contributed by atoms with Crippen LogP contribution < -0.4 is 14.8 Å². The molecule has 0 aliphatic rings. The predicted molar refractivity (Wildman–Crippen MR) is 125 cm³/mol. The topological polar surface area (TPSA) is 74.1 Å². The van der Waals surface area contributed by atoms with Crippen LogP contribution in [0.5, 0.6) is 11.5 Å². The van der Waals surface area contributed by atoms with Crippen molar-refractivity contribution in [3.8, 4) is 17.2 Å². The third-order valence-electron chi connectivity index (χ3n) is 5.51. The van der Waals surface area contributed by atoms with Crippen LogP contribution in [0.3, 0.4) is 0 Å². The smallest absolute Gasteiger partial charge is 0.227 e. The summed E-state index contributed by atoms with van der Waals surface area (Å²) >= 11 is 0. The Bertz CT molecular complexity index is 1230. The highest BCUT2D eigenvalue weighted by Crippen LogP contribution is 2.33. The molecule has 0 spiro atoms. The van der Waals surface area contributed by atoms with Crippen molar-refractivity contribution in [3.63, 3.8) is 0 Å². The predicted octanol–water partition coefficient (Wildman–Crippen LogP) is 5.06. The zero-order chi connectivity index (χ0) is 22.7. The Morgan fingerprint density at radius 2 is 1.81 bits per heavy atom. The van der Waals surface area contributed by atoms with E-state index in [0.29, 0.717) is 5.95 Å². The lowest BCUT2D eigenvalue weighted by Crippen LogP contribution is -2.21. The van der Waals surface area contributed by atoms with Crippen molar-refractivity contribution in [1.29, 1.82) is 0 Å². The Kier molecular flexibility index (Phi) is 5.81. The molecule has 1 N–H and O–H groups in total. The maximum atomic E-state index is 5.60. The lowest BCUT2D eigenvalue weighted by molar-refractivity contribution is 0.413. The lowest BCUT2D eigenvalue weighted by Gasteiger charge is -2.25. The fourth-order valence-corrected chi connectivity index (χ4v) is 3.58. The molecule has 0 saturated carbocycles. The van der Waals surface area contributed by atoms with Gasteiger partial charge in [-0.25, -0.2) is 15.0 Å². The fraction of sp³-hybridized carbons (Fsp3) is 0.240. The summed E-state index contributed by atoms with van der Waals surface area (Å²) in [5, 5.41) is 3.30. The standard InChI is InChI=1S/C25H27N5O2/c1-17-15-30(16-27-17)21-10-9-19(14-22(21)32-5)28-24-26-12-11-23(29-24)25(2,3)18-7-6-8-20(13-18)31-4/h6-16H,1-5H3,(H,26,28,29). The number of hydrogen-bond donors (Lipinski definition) is 1. The molecule has 0 radical (unpaired) electrons. The van der Waals surface area contributed by atoms with Gasteiger partial charge in [0.1, 0.15) is 11.5 Å². The maximum absolute atomic E-state index is 5.60. The van der Waals surface area contributed by atoms with Gasteiger partial charge in [-0.3, -0.25) is 0 Å². The lowest BCUT2D eigenvalue weighted by atomic mass is 9.81. The minimum absolute atomic E-state index is 0.325. The van der Waals surface area contributed by atoms with E-state index in [1.807, 2.05) is 60.2 Å². The van der Waals surface area contributed by atoms with Crippen molar-refractivity contribution in [1.82, 2.24) is 19.5 Å². The van der Waals surface area contributed by atoms with E-state index >= 15 is 0 Å². The van der Waals surface area contributed by atoms with Crippen molar-refractivity contribution in [2.75, 3.05) is 19.5 Å². The number of imidazole rings is 1. The first kappa shape index (κ1) is 21.4. The minimum atomic E-state index is -0.325. The van der Waals surface area contributed by atoms with Gasteiger partial charge in [-0.05, 0) is 42.8 Å². The van der Waals surface area contributed by atoms with E-state index in [1.54, 1.807) is 26.7 Å². The Morgan fingerprint density at radius 1 is 0.969 bits per heavy atom. The summed E-state index contributed by atoms with van der Waals surface area (Å²) in [7, 11) is 3.33. The molecule has 7 heteroatoms. The van der Waals surface area contributed by atoms with Crippen LogP contribution in [-0.2, 0) is 5.41 Å². The fourth-order valence-electron chi connectivity index (χ4n) is 3.58. The second-order valence-electron chi connectivity index (χ2n) is 8.06. The van der Waals surface area contributed by atoms with Crippen LogP contribution in [0.4, 0.5) is 11.6 Å². The molecule has 4 rings (SSSR count). The van der Waals surface area contributed by atoms with E-state index in [-0.39, 0.29) is 5.41 Å². The number of nitrogens with zero attached hydrogens (tertiary/aromatic N) is 4. The number of anilines is 2. The molecule has 32 heavy (non-hydrogen) atoms. The SMILES string of the molecule is COc1cccc(C(C)(C)c2ccnc(Nc3ccc(-n4cnc(C)c4)c(OC)c3)n2)c1. The number of ether oxygens (including phenoxy) is 2.